The molecule has 2 aromatic carbocycles. The Morgan fingerprint density at radius 2 is 1.87 bits per heavy atom. The summed E-state index contributed by atoms with van der Waals surface area (Å²) in [4.78, 5) is 24.1. The molecule has 1 aromatic heterocycles. The number of carbonyl (C=O) groups is 1. The Kier molecular flexibility index (Phi) is 2.92. The summed E-state index contributed by atoms with van der Waals surface area (Å²) in [7, 11) is 0. The van der Waals surface area contributed by atoms with E-state index < -0.39 is 11.8 Å². The number of imidazole rings is 1. The first-order chi connectivity index (χ1) is 11.1. The molecule has 0 saturated carbocycles. The van der Waals surface area contributed by atoms with Gasteiger partial charge in [-0.15, -0.1) is 0 Å². The smallest absolute Gasteiger partial charge is 0.420 e. The minimum absolute atomic E-state index is 0.369. The number of rotatable bonds is 1. The molecular weight excluding hydrogens is 316 g/mol. The van der Waals surface area contributed by atoms with Gasteiger partial charge in [-0.25, -0.2) is 9.59 Å². The maximum absolute atomic E-state index is 12.7. The van der Waals surface area contributed by atoms with E-state index in [-0.39, 0.29) is 0 Å². The Bertz CT molecular complexity index is 1060. The third kappa shape index (κ3) is 1.94. The van der Waals surface area contributed by atoms with Gasteiger partial charge in [-0.2, -0.15) is 4.57 Å². The van der Waals surface area contributed by atoms with Crippen molar-refractivity contribution in [3.8, 4) is 0 Å². The summed E-state index contributed by atoms with van der Waals surface area (Å²) < 4.78 is 2.22. The molecule has 0 bridgehead atoms. The fraction of sp³-hybridized carbons (Fsp3) is 0.0588. The van der Waals surface area contributed by atoms with Gasteiger partial charge in [0, 0.05) is 10.6 Å². The van der Waals surface area contributed by atoms with Gasteiger partial charge in [-0.1, -0.05) is 35.9 Å². The predicted octanol–water partition coefficient (Wildman–Crippen LogP) is 3.43. The molecule has 5 nitrogen and oxygen atoms in total. The number of benzene rings is 2. The van der Waals surface area contributed by atoms with Gasteiger partial charge < -0.3 is 5.11 Å². The maximum atomic E-state index is 12.7. The number of para-hydroxylation sites is 2. The number of nitrogens with zero attached hydrogens (tertiary/aromatic N) is 2. The minimum atomic E-state index is -1.29. The first kappa shape index (κ1) is 13.8. The van der Waals surface area contributed by atoms with Crippen LogP contribution in [0.25, 0.3) is 16.7 Å². The Balaban J connectivity index is 2.05. The van der Waals surface area contributed by atoms with Crippen LogP contribution in [0.5, 0.6) is 0 Å². The fourth-order valence-corrected chi connectivity index (χ4v) is 3.27. The monoisotopic (exact) mass is 326 g/mol. The molecule has 1 aliphatic rings. The normalized spacial score (nSPS) is 13.2. The molecule has 1 N–H and O–H groups in total. The van der Waals surface area contributed by atoms with Gasteiger partial charge in [0.15, 0.2) is 0 Å². The predicted molar refractivity (Wildman–Crippen MR) is 88.2 cm³/mol. The standard InChI is InChI=1S/C17H11ClN2O3/c18-11-6-7-12-10(9-11)5-8-13(12)19-14-3-1-2-4-15(14)20(16(19)21)17(22)23/h1-4,6-9H,5H2,(H,22,23). The lowest BCUT2D eigenvalue weighted by Crippen LogP contribution is -2.28. The van der Waals surface area contributed by atoms with E-state index in [0.29, 0.717) is 28.2 Å². The van der Waals surface area contributed by atoms with E-state index in [0.717, 1.165) is 15.7 Å². The Morgan fingerprint density at radius 1 is 1.13 bits per heavy atom. The highest BCUT2D eigenvalue weighted by molar-refractivity contribution is 6.30. The molecule has 0 spiro atoms. The van der Waals surface area contributed by atoms with Crippen molar-refractivity contribution >= 4 is 34.4 Å². The summed E-state index contributed by atoms with van der Waals surface area (Å²) in [6.45, 7) is 0. The second-order valence-electron chi connectivity index (χ2n) is 5.32. The number of hydrogen-bond donors (Lipinski definition) is 1. The number of hydrogen-bond acceptors (Lipinski definition) is 2. The average molecular weight is 327 g/mol. The van der Waals surface area contributed by atoms with Gasteiger partial charge in [0.2, 0.25) is 0 Å². The molecule has 0 fully saturated rings. The van der Waals surface area contributed by atoms with Gasteiger partial charge in [0.25, 0.3) is 0 Å². The van der Waals surface area contributed by atoms with Crippen molar-refractivity contribution in [3.63, 3.8) is 0 Å². The molecule has 0 atom stereocenters. The second-order valence-corrected chi connectivity index (χ2v) is 5.76. The molecule has 0 radical (unpaired) electrons. The van der Waals surface area contributed by atoms with Gasteiger partial charge in [0.05, 0.1) is 16.7 Å². The zero-order valence-corrected chi connectivity index (χ0v) is 12.6. The van der Waals surface area contributed by atoms with E-state index in [9.17, 15) is 14.7 Å². The number of halogens is 1. The van der Waals surface area contributed by atoms with Crippen LogP contribution in [0, 0.1) is 0 Å². The van der Waals surface area contributed by atoms with Crippen molar-refractivity contribution in [3.05, 3.63) is 75.2 Å². The van der Waals surface area contributed by atoms with E-state index in [1.54, 1.807) is 30.3 Å². The third-order valence-electron chi connectivity index (χ3n) is 4.04. The molecule has 1 aliphatic carbocycles. The number of aromatic nitrogens is 2. The Labute approximate surface area is 135 Å². The van der Waals surface area contributed by atoms with E-state index in [1.165, 1.54) is 4.57 Å². The van der Waals surface area contributed by atoms with Crippen LogP contribution in [0.15, 0.2) is 53.3 Å². The average Bonchev–Trinajstić information content (AvgIpc) is 3.04. The molecule has 3 aromatic rings. The lowest BCUT2D eigenvalue weighted by molar-refractivity contribution is 0.196. The maximum Gasteiger partial charge on any atom is 0.420 e. The first-order valence-electron chi connectivity index (χ1n) is 7.03. The first-order valence-corrected chi connectivity index (χ1v) is 7.41. The molecule has 0 unspecified atom stereocenters. The van der Waals surface area contributed by atoms with Gasteiger partial charge in [-0.3, -0.25) is 4.57 Å². The topological polar surface area (TPSA) is 64.2 Å². The summed E-state index contributed by atoms with van der Waals surface area (Å²) in [6, 6.07) is 12.3. The Morgan fingerprint density at radius 3 is 2.61 bits per heavy atom. The second kappa shape index (κ2) is 4.86. The summed E-state index contributed by atoms with van der Waals surface area (Å²) in [5, 5.41) is 10.0. The van der Waals surface area contributed by atoms with Crippen LogP contribution in [0.2, 0.25) is 5.02 Å². The van der Waals surface area contributed by atoms with Gasteiger partial charge in [0.1, 0.15) is 0 Å². The fourth-order valence-electron chi connectivity index (χ4n) is 3.08. The summed E-state index contributed by atoms with van der Waals surface area (Å²) in [5.41, 5.74) is 2.95. The van der Waals surface area contributed by atoms with E-state index in [4.69, 9.17) is 11.6 Å². The molecule has 23 heavy (non-hydrogen) atoms. The van der Waals surface area contributed by atoms with Crippen molar-refractivity contribution in [2.75, 3.05) is 0 Å². The van der Waals surface area contributed by atoms with Gasteiger partial charge in [-0.05, 0) is 36.2 Å². The van der Waals surface area contributed by atoms with Crippen molar-refractivity contribution in [2.45, 2.75) is 6.42 Å². The summed E-state index contributed by atoms with van der Waals surface area (Å²) >= 11 is 6.02. The zero-order chi connectivity index (χ0) is 16.1. The highest BCUT2D eigenvalue weighted by atomic mass is 35.5. The van der Waals surface area contributed by atoms with Crippen molar-refractivity contribution in [1.82, 2.24) is 9.13 Å². The zero-order valence-electron chi connectivity index (χ0n) is 11.9. The highest BCUT2D eigenvalue weighted by Crippen LogP contribution is 2.32. The quantitative estimate of drug-likeness (QED) is 0.745. The molecule has 4 rings (SSSR count). The van der Waals surface area contributed by atoms with Crippen LogP contribution >= 0.6 is 11.6 Å². The minimum Gasteiger partial charge on any atom is -0.464 e. The van der Waals surface area contributed by atoms with Crippen LogP contribution in [-0.2, 0) is 6.42 Å². The SMILES string of the molecule is O=C(O)n1c(=O)n(C2=CCc3cc(Cl)ccc32)c2ccccc21. The molecule has 114 valence electrons. The highest BCUT2D eigenvalue weighted by Gasteiger charge is 2.23. The third-order valence-corrected chi connectivity index (χ3v) is 4.27. The molecule has 0 aliphatic heterocycles. The van der Waals surface area contributed by atoms with Crippen LogP contribution in [-0.4, -0.2) is 20.3 Å². The van der Waals surface area contributed by atoms with E-state index in [2.05, 4.69) is 0 Å². The largest absolute Gasteiger partial charge is 0.464 e. The molecule has 6 heteroatoms. The number of fused-ring (bicyclic) bond motifs is 2. The van der Waals surface area contributed by atoms with Crippen molar-refractivity contribution in [2.24, 2.45) is 0 Å². The Hall–Kier alpha value is -2.79. The van der Waals surface area contributed by atoms with Crippen LogP contribution in [0.1, 0.15) is 11.1 Å². The van der Waals surface area contributed by atoms with E-state index in [1.807, 2.05) is 18.2 Å². The molecular formula is C17H11ClN2O3. The van der Waals surface area contributed by atoms with E-state index >= 15 is 0 Å². The lowest BCUT2D eigenvalue weighted by Gasteiger charge is -2.07. The number of allylic oxidation sites excluding steroid dienone is 1. The lowest BCUT2D eigenvalue weighted by atomic mass is 10.1. The van der Waals surface area contributed by atoms with Crippen molar-refractivity contribution < 1.29 is 9.90 Å². The molecule has 0 amide bonds. The molecule has 1 heterocycles. The van der Waals surface area contributed by atoms with Crippen LogP contribution in [0.3, 0.4) is 0 Å². The molecule has 0 saturated heterocycles. The summed E-state index contributed by atoms with van der Waals surface area (Å²) in [6.07, 6.45) is 1.28. The van der Waals surface area contributed by atoms with Crippen LogP contribution < -0.4 is 5.69 Å². The van der Waals surface area contributed by atoms with Crippen molar-refractivity contribution in [1.29, 1.82) is 0 Å². The summed E-state index contributed by atoms with van der Waals surface area (Å²) in [5.74, 6) is 0. The van der Waals surface area contributed by atoms with Gasteiger partial charge >= 0.3 is 11.8 Å². The van der Waals surface area contributed by atoms with Crippen LogP contribution in [0.4, 0.5) is 4.79 Å². The number of carboxylic acid groups (broad SMARTS) is 1.